The summed E-state index contributed by atoms with van der Waals surface area (Å²) in [5.41, 5.74) is 0.684. The van der Waals surface area contributed by atoms with Crippen LogP contribution in [0.5, 0.6) is 5.75 Å². The Bertz CT molecular complexity index is 362. The Labute approximate surface area is 90.4 Å². The van der Waals surface area contributed by atoms with Gasteiger partial charge in [0.1, 0.15) is 12.4 Å². The molecule has 0 saturated heterocycles. The summed E-state index contributed by atoms with van der Waals surface area (Å²) >= 11 is 0. The van der Waals surface area contributed by atoms with Gasteiger partial charge in [-0.2, -0.15) is 0 Å². The highest BCUT2D eigenvalue weighted by Gasteiger charge is 2.31. The van der Waals surface area contributed by atoms with Crippen molar-refractivity contribution < 1.29 is 22.3 Å². The number of halogens is 4. The highest BCUT2D eigenvalue weighted by molar-refractivity contribution is 5.56. The molecule has 1 aromatic rings. The first-order valence-electron chi connectivity index (χ1n) is 4.45. The summed E-state index contributed by atoms with van der Waals surface area (Å²) in [6.45, 7) is -0.736. The van der Waals surface area contributed by atoms with Crippen molar-refractivity contribution in [3.63, 3.8) is 0 Å². The Morgan fingerprint density at radius 1 is 1.25 bits per heavy atom. The van der Waals surface area contributed by atoms with E-state index in [0.29, 0.717) is 11.3 Å². The van der Waals surface area contributed by atoms with Crippen LogP contribution in [0.4, 0.5) is 23.2 Å². The van der Waals surface area contributed by atoms with Crippen molar-refractivity contribution in [3.05, 3.63) is 23.8 Å². The molecule has 1 rings (SSSR count). The standard InChI is InChI=1S/C10H11F4NO/c1-15(2)9-5-8(16-10(12,13)14)4-3-7(9)6-11/h3-5H,6H2,1-2H3. The molecule has 0 fully saturated rings. The van der Waals surface area contributed by atoms with Crippen LogP contribution in [0, 0.1) is 0 Å². The molecule has 0 amide bonds. The smallest absolute Gasteiger partial charge is 0.406 e. The number of benzene rings is 1. The number of hydrogen-bond acceptors (Lipinski definition) is 2. The molecule has 90 valence electrons. The molecule has 0 aliphatic heterocycles. The van der Waals surface area contributed by atoms with Crippen LogP contribution in [0.25, 0.3) is 0 Å². The summed E-state index contributed by atoms with van der Waals surface area (Å²) in [5.74, 6) is -0.353. The van der Waals surface area contributed by atoms with Crippen LogP contribution in [0.15, 0.2) is 18.2 Å². The van der Waals surface area contributed by atoms with Crippen LogP contribution in [-0.2, 0) is 6.67 Å². The minimum Gasteiger partial charge on any atom is -0.406 e. The zero-order valence-corrected chi connectivity index (χ0v) is 8.81. The van der Waals surface area contributed by atoms with Gasteiger partial charge in [0.05, 0.1) is 0 Å². The second kappa shape index (κ2) is 4.59. The molecule has 0 aliphatic carbocycles. The quantitative estimate of drug-likeness (QED) is 0.749. The van der Waals surface area contributed by atoms with E-state index in [4.69, 9.17) is 0 Å². The summed E-state index contributed by atoms with van der Waals surface area (Å²) in [5, 5.41) is 0. The highest BCUT2D eigenvalue weighted by Crippen LogP contribution is 2.29. The van der Waals surface area contributed by atoms with Crippen LogP contribution in [-0.4, -0.2) is 20.5 Å². The summed E-state index contributed by atoms with van der Waals surface area (Å²) in [7, 11) is 3.23. The molecule has 0 spiro atoms. The molecule has 0 atom stereocenters. The summed E-state index contributed by atoms with van der Waals surface area (Å²) in [6.07, 6.45) is -4.74. The number of alkyl halides is 4. The van der Waals surface area contributed by atoms with Gasteiger partial charge in [-0.05, 0) is 6.07 Å². The third-order valence-corrected chi connectivity index (χ3v) is 1.92. The molecule has 0 aliphatic rings. The lowest BCUT2D eigenvalue weighted by Crippen LogP contribution is -2.18. The van der Waals surface area contributed by atoms with Gasteiger partial charge in [0.15, 0.2) is 0 Å². The van der Waals surface area contributed by atoms with Gasteiger partial charge in [-0.3, -0.25) is 0 Å². The fraction of sp³-hybridized carbons (Fsp3) is 0.400. The van der Waals surface area contributed by atoms with Crippen LogP contribution >= 0.6 is 0 Å². The third-order valence-electron chi connectivity index (χ3n) is 1.92. The van der Waals surface area contributed by atoms with Crippen molar-refractivity contribution in [1.82, 2.24) is 0 Å². The SMILES string of the molecule is CN(C)c1cc(OC(F)(F)F)ccc1CF. The molecule has 6 heteroatoms. The fourth-order valence-electron chi connectivity index (χ4n) is 1.27. The maximum atomic E-state index is 12.5. The van der Waals surface area contributed by atoms with E-state index < -0.39 is 13.0 Å². The van der Waals surface area contributed by atoms with Crippen molar-refractivity contribution in [3.8, 4) is 5.75 Å². The van der Waals surface area contributed by atoms with E-state index in [2.05, 4.69) is 4.74 Å². The van der Waals surface area contributed by atoms with Gasteiger partial charge < -0.3 is 9.64 Å². The fourth-order valence-corrected chi connectivity index (χ4v) is 1.27. The molecular formula is C10H11F4NO. The minimum absolute atomic E-state index is 0.319. The van der Waals surface area contributed by atoms with E-state index >= 15 is 0 Å². The molecule has 16 heavy (non-hydrogen) atoms. The molecule has 2 nitrogen and oxygen atoms in total. The topological polar surface area (TPSA) is 12.5 Å². The van der Waals surface area contributed by atoms with Crippen LogP contribution in [0.3, 0.4) is 0 Å². The molecule has 0 aromatic heterocycles. The number of ether oxygens (including phenoxy) is 1. The van der Waals surface area contributed by atoms with E-state index in [1.54, 1.807) is 14.1 Å². The number of hydrogen-bond donors (Lipinski definition) is 0. The van der Waals surface area contributed by atoms with E-state index in [1.807, 2.05) is 0 Å². The van der Waals surface area contributed by atoms with Gasteiger partial charge in [-0.15, -0.1) is 13.2 Å². The first-order chi connectivity index (χ1) is 7.33. The number of anilines is 1. The van der Waals surface area contributed by atoms with Crippen LogP contribution in [0.2, 0.25) is 0 Å². The Morgan fingerprint density at radius 3 is 2.31 bits per heavy atom. The van der Waals surface area contributed by atoms with E-state index in [0.717, 1.165) is 12.1 Å². The maximum absolute atomic E-state index is 12.5. The van der Waals surface area contributed by atoms with Gasteiger partial charge in [-0.25, -0.2) is 4.39 Å². The molecule has 0 N–H and O–H groups in total. The lowest BCUT2D eigenvalue weighted by Gasteiger charge is -2.18. The van der Waals surface area contributed by atoms with Gasteiger partial charge >= 0.3 is 6.36 Å². The molecule has 0 saturated carbocycles. The largest absolute Gasteiger partial charge is 0.573 e. The van der Waals surface area contributed by atoms with E-state index in [9.17, 15) is 17.6 Å². The normalized spacial score (nSPS) is 11.4. The summed E-state index contributed by atoms with van der Waals surface area (Å²) in [6, 6.07) is 3.52. The van der Waals surface area contributed by atoms with Crippen LogP contribution in [0.1, 0.15) is 5.56 Å². The predicted molar refractivity (Wildman–Crippen MR) is 52.3 cm³/mol. The Hall–Kier alpha value is -1.46. The average Bonchev–Trinajstić information content (AvgIpc) is 2.15. The number of rotatable bonds is 3. The van der Waals surface area contributed by atoms with E-state index in [1.165, 1.54) is 11.0 Å². The Kier molecular flexibility index (Phi) is 3.62. The predicted octanol–water partition coefficient (Wildman–Crippen LogP) is 3.12. The van der Waals surface area contributed by atoms with Gasteiger partial charge in [0.25, 0.3) is 0 Å². The monoisotopic (exact) mass is 237 g/mol. The van der Waals surface area contributed by atoms with Crippen molar-refractivity contribution in [2.45, 2.75) is 13.0 Å². The molecular weight excluding hydrogens is 226 g/mol. The van der Waals surface area contributed by atoms with Crippen molar-refractivity contribution >= 4 is 5.69 Å². The van der Waals surface area contributed by atoms with Crippen molar-refractivity contribution in [1.29, 1.82) is 0 Å². The third kappa shape index (κ3) is 3.29. The lowest BCUT2D eigenvalue weighted by molar-refractivity contribution is -0.274. The summed E-state index contributed by atoms with van der Waals surface area (Å²) in [4.78, 5) is 1.53. The highest BCUT2D eigenvalue weighted by atomic mass is 19.4. The lowest BCUT2D eigenvalue weighted by atomic mass is 10.1. The molecule has 0 bridgehead atoms. The first-order valence-corrected chi connectivity index (χ1v) is 4.45. The summed E-state index contributed by atoms with van der Waals surface area (Å²) < 4.78 is 52.1. The molecule has 1 aromatic carbocycles. The first kappa shape index (κ1) is 12.6. The second-order valence-electron chi connectivity index (χ2n) is 3.37. The van der Waals surface area contributed by atoms with Gasteiger partial charge in [0, 0.05) is 31.4 Å². The maximum Gasteiger partial charge on any atom is 0.573 e. The Balaban J connectivity index is 3.02. The zero-order chi connectivity index (χ0) is 12.3. The average molecular weight is 237 g/mol. The van der Waals surface area contributed by atoms with Gasteiger partial charge in [0.2, 0.25) is 0 Å². The zero-order valence-electron chi connectivity index (χ0n) is 8.81. The van der Waals surface area contributed by atoms with E-state index in [-0.39, 0.29) is 5.75 Å². The van der Waals surface area contributed by atoms with Crippen LogP contribution < -0.4 is 9.64 Å². The van der Waals surface area contributed by atoms with Gasteiger partial charge in [-0.1, -0.05) is 6.07 Å². The second-order valence-corrected chi connectivity index (χ2v) is 3.37. The Morgan fingerprint density at radius 2 is 1.88 bits per heavy atom. The molecule has 0 radical (unpaired) electrons. The number of nitrogens with zero attached hydrogens (tertiary/aromatic N) is 1. The van der Waals surface area contributed by atoms with Crippen molar-refractivity contribution in [2.24, 2.45) is 0 Å². The minimum atomic E-state index is -4.74. The molecule has 0 unspecified atom stereocenters. The van der Waals surface area contributed by atoms with Crippen molar-refractivity contribution in [2.75, 3.05) is 19.0 Å². The molecule has 0 heterocycles.